The molecule has 0 bridgehead atoms. The Labute approximate surface area is 555 Å². The number of hydrogen-bond donors (Lipinski definition) is 4. The van der Waals surface area contributed by atoms with Gasteiger partial charge in [-0.25, -0.2) is 9.37 Å². The zero-order chi connectivity index (χ0) is 66.2. The highest BCUT2D eigenvalue weighted by Crippen LogP contribution is 2.44. The smallest absolute Gasteiger partial charge is 0.322 e. The quantitative estimate of drug-likeness (QED) is 0.0652. The third kappa shape index (κ3) is 13.2. The molecule has 23 nitrogen and oxygen atoms in total. The van der Waals surface area contributed by atoms with Gasteiger partial charge in [-0.2, -0.15) is 10.2 Å². The Bertz CT molecular complexity index is 4340. The van der Waals surface area contributed by atoms with Gasteiger partial charge in [0, 0.05) is 113 Å². The number of hydrogen-bond acceptors (Lipinski definition) is 14. The Morgan fingerprint density at radius 1 is 0.800 bits per heavy atom. The normalized spacial score (nSPS) is 18.6. The van der Waals surface area contributed by atoms with Crippen LogP contribution < -0.4 is 20.7 Å². The number of anilines is 1. The average Bonchev–Trinajstić information content (AvgIpc) is 1.70. The Kier molecular flexibility index (Phi) is 18.4. The summed E-state index contributed by atoms with van der Waals surface area (Å²) in [5, 5.41) is 28.5. The minimum absolute atomic E-state index is 0.00826. The van der Waals surface area contributed by atoms with Crippen LogP contribution in [0.15, 0.2) is 103 Å². The van der Waals surface area contributed by atoms with E-state index < -0.39 is 54.3 Å². The zero-order valence-corrected chi connectivity index (χ0v) is 54.3. The second kappa shape index (κ2) is 27.2. The fourth-order valence-electron chi connectivity index (χ4n) is 14.4. The van der Waals surface area contributed by atoms with E-state index >= 15 is 9.18 Å². The molecule has 5 aliphatic heterocycles. The van der Waals surface area contributed by atoms with Gasteiger partial charge in [0.05, 0.1) is 56.2 Å². The van der Waals surface area contributed by atoms with Gasteiger partial charge in [0.15, 0.2) is 5.60 Å². The number of ether oxygens (including phenoxy) is 1. The van der Waals surface area contributed by atoms with Crippen LogP contribution in [0.3, 0.4) is 0 Å². The van der Waals surface area contributed by atoms with Gasteiger partial charge in [0.2, 0.25) is 35.4 Å². The number of carbonyl (C=O) groups excluding carboxylic acids is 7. The number of piperidine rings is 3. The molecule has 95 heavy (non-hydrogen) atoms. The molecular weight excluding hydrogens is 1260 g/mol. The summed E-state index contributed by atoms with van der Waals surface area (Å²) in [6, 6.07) is 28.2. The molecule has 4 saturated heterocycles. The summed E-state index contributed by atoms with van der Waals surface area (Å²) in [7, 11) is 3.55. The number of carboxylic acid groups (broad SMARTS) is 1. The highest BCUT2D eigenvalue weighted by molar-refractivity contribution is 7.22. The number of likely N-dealkylation sites (tertiary alicyclic amines) is 4. The lowest BCUT2D eigenvalue weighted by molar-refractivity contribution is -0.159. The number of likely N-dealkylation sites (N-methyl/N-ethyl adjacent to an activating group) is 1. The molecular formula is C69H73ClFN13O10S. The maximum absolute atomic E-state index is 16.2. The molecule has 13 rings (SSSR count). The van der Waals surface area contributed by atoms with Gasteiger partial charge in [0.1, 0.15) is 35.7 Å². The molecule has 8 aromatic rings. The summed E-state index contributed by atoms with van der Waals surface area (Å²) >= 11 is 8.05. The summed E-state index contributed by atoms with van der Waals surface area (Å²) < 4.78 is 27.3. The molecule has 1 unspecified atom stereocenters. The number of rotatable bonds is 18. The fraction of sp³-hybridized carbons (Fsp3) is 0.406. The third-order valence-corrected chi connectivity index (χ3v) is 21.1. The lowest BCUT2D eigenvalue weighted by atomic mass is 9.85. The van der Waals surface area contributed by atoms with Crippen molar-refractivity contribution in [3.8, 4) is 27.4 Å². The van der Waals surface area contributed by atoms with E-state index in [1.54, 1.807) is 62.6 Å². The van der Waals surface area contributed by atoms with Crippen molar-refractivity contribution in [1.29, 1.82) is 0 Å². The van der Waals surface area contributed by atoms with E-state index in [-0.39, 0.29) is 80.3 Å². The number of carbonyl (C=O) groups is 8. The average molecular weight is 1330 g/mol. The van der Waals surface area contributed by atoms with Gasteiger partial charge >= 0.3 is 5.97 Å². The number of aliphatic carboxylic acids is 1. The second-order valence-corrected chi connectivity index (χ2v) is 26.8. The minimum atomic E-state index is -1.47. The first-order valence-corrected chi connectivity index (χ1v) is 33.5. The SMILES string of the molecule is CN(CCN1CCC(C(=O)N2CCC(c3nn(CC(=O)NCC(=O)NCC(=O)O)c4cccc(-c5cc6c(cnn6C)cc5F)c34)CC2)CC1)C(=O)C1CCCN1C(=O)C1(Oc2ccccc2-c2nc3cccc(Cl)c3s2)CCN(C(=O)[C@H]2CC(=O)Nc3ccccc32)CC1. The van der Waals surface area contributed by atoms with Crippen LogP contribution in [0, 0.1) is 11.7 Å². The van der Waals surface area contributed by atoms with Gasteiger partial charge in [-0.05, 0) is 111 Å². The lowest BCUT2D eigenvalue weighted by Crippen LogP contribution is -2.61. The summed E-state index contributed by atoms with van der Waals surface area (Å²) in [6.45, 7) is 2.60. The van der Waals surface area contributed by atoms with Crippen molar-refractivity contribution in [3.05, 3.63) is 125 Å². The van der Waals surface area contributed by atoms with Crippen LogP contribution in [0.2, 0.25) is 5.02 Å². The molecule has 5 aliphatic rings. The Morgan fingerprint density at radius 3 is 2.31 bits per heavy atom. The molecule has 0 radical (unpaired) electrons. The van der Waals surface area contributed by atoms with E-state index in [1.165, 1.54) is 17.4 Å². The molecule has 2 atom stereocenters. The van der Waals surface area contributed by atoms with Crippen LogP contribution in [0.1, 0.15) is 80.9 Å². The minimum Gasteiger partial charge on any atom is -0.480 e. The Balaban J connectivity index is 0.648. The molecule has 0 spiro atoms. The second-order valence-electron chi connectivity index (χ2n) is 25.4. The van der Waals surface area contributed by atoms with Gasteiger partial charge in [-0.1, -0.05) is 60.1 Å². The summed E-state index contributed by atoms with van der Waals surface area (Å²) in [5.74, 6) is -4.31. The van der Waals surface area contributed by atoms with E-state index in [9.17, 15) is 33.6 Å². The predicted octanol–water partition coefficient (Wildman–Crippen LogP) is 7.41. The van der Waals surface area contributed by atoms with Gasteiger partial charge in [0.25, 0.3) is 5.91 Å². The molecule has 26 heteroatoms. The van der Waals surface area contributed by atoms with Crippen molar-refractivity contribution in [2.45, 2.75) is 87.8 Å². The van der Waals surface area contributed by atoms with Crippen molar-refractivity contribution in [1.82, 2.24) is 59.7 Å². The van der Waals surface area contributed by atoms with Crippen molar-refractivity contribution < 1.29 is 52.6 Å². The number of amides is 7. The molecule has 4 N–H and O–H groups in total. The third-order valence-electron chi connectivity index (χ3n) is 19.5. The van der Waals surface area contributed by atoms with Crippen molar-refractivity contribution in [2.24, 2.45) is 13.0 Å². The van der Waals surface area contributed by atoms with E-state index in [0.29, 0.717) is 144 Å². The lowest BCUT2D eigenvalue weighted by Gasteiger charge is -2.44. The number of carboxylic acids is 1. The molecule has 3 aromatic heterocycles. The number of nitrogens with one attached hydrogen (secondary N) is 3. The number of halogens is 2. The van der Waals surface area contributed by atoms with Gasteiger partial charge in [-0.15, -0.1) is 11.3 Å². The van der Waals surface area contributed by atoms with E-state index in [0.717, 1.165) is 21.3 Å². The van der Waals surface area contributed by atoms with E-state index in [2.05, 4.69) is 25.9 Å². The summed E-state index contributed by atoms with van der Waals surface area (Å²) in [5.41, 5.74) is 4.19. The number of para-hydroxylation sites is 2. The van der Waals surface area contributed by atoms with Gasteiger partial charge in [-0.3, -0.25) is 47.7 Å². The number of nitrogens with zero attached hydrogens (tertiary/aromatic N) is 10. The molecule has 0 aliphatic carbocycles. The first kappa shape index (κ1) is 64.4. The van der Waals surface area contributed by atoms with Crippen LogP contribution in [0.5, 0.6) is 5.75 Å². The first-order chi connectivity index (χ1) is 45.9. The van der Waals surface area contributed by atoms with Crippen molar-refractivity contribution in [3.63, 3.8) is 0 Å². The van der Waals surface area contributed by atoms with Crippen LogP contribution in [-0.4, -0.2) is 192 Å². The van der Waals surface area contributed by atoms with Crippen LogP contribution in [0.25, 0.3) is 53.7 Å². The topological polar surface area (TPSA) is 267 Å². The first-order valence-electron chi connectivity index (χ1n) is 32.3. The highest BCUT2D eigenvalue weighted by atomic mass is 35.5. The number of fused-ring (bicyclic) bond motifs is 4. The maximum atomic E-state index is 16.2. The number of thiazole rings is 1. The Morgan fingerprint density at radius 2 is 1.53 bits per heavy atom. The molecule has 5 aromatic carbocycles. The maximum Gasteiger partial charge on any atom is 0.322 e. The molecule has 7 amide bonds. The van der Waals surface area contributed by atoms with Gasteiger partial charge < -0.3 is 50.3 Å². The molecule has 4 fully saturated rings. The fourth-order valence-corrected chi connectivity index (χ4v) is 15.7. The number of benzene rings is 5. The van der Waals surface area contributed by atoms with Crippen LogP contribution in [-0.2, 0) is 51.9 Å². The van der Waals surface area contributed by atoms with Crippen molar-refractivity contribution in [2.75, 3.05) is 84.4 Å². The molecule has 494 valence electrons. The van der Waals surface area contributed by atoms with Crippen LogP contribution in [0.4, 0.5) is 10.1 Å². The van der Waals surface area contributed by atoms with E-state index in [4.69, 9.17) is 31.5 Å². The van der Waals surface area contributed by atoms with E-state index in [1.807, 2.05) is 77.7 Å². The standard InChI is InChI=1S/C69H73ClFN13O10S/c1-78(67(92)54-17-9-25-83(54)68(93)69(94-56-18-6-4-11-46(56)64-76-52-15-8-13-49(70)63(52)95-64)23-30-82(31-24-69)66(91)48-36-57(85)75-51-14-5-3-10-44(48)51)32-33-80-26-19-42(20-27-80)65(90)81-28-21-41(22-29-81)62-61-45(47-35-55-43(34-50(47)71)37-74-79(55)2)12-7-16-53(61)84(77-62)40-59(87)72-38-58(86)73-39-60(88)89/h3-8,10-16,18,34-35,37,41-42,48,54H,9,17,19-33,36,38-40H2,1-2H3,(H,72,87)(H,73,86)(H,75,85)(H,88,89)/t48-,54?/m0/s1. The number of aromatic nitrogens is 5. The number of aryl methyl sites for hydroxylation is 1. The van der Waals surface area contributed by atoms with Crippen molar-refractivity contribution >= 4 is 108 Å². The Hall–Kier alpha value is -9.33. The predicted molar refractivity (Wildman–Crippen MR) is 355 cm³/mol. The largest absolute Gasteiger partial charge is 0.480 e. The zero-order valence-electron chi connectivity index (χ0n) is 52.7. The monoisotopic (exact) mass is 1330 g/mol. The molecule has 0 saturated carbocycles. The summed E-state index contributed by atoms with van der Waals surface area (Å²) in [6.07, 6.45) is 5.37. The summed E-state index contributed by atoms with van der Waals surface area (Å²) in [4.78, 5) is 123. The van der Waals surface area contributed by atoms with Crippen LogP contribution >= 0.6 is 22.9 Å². The highest BCUT2D eigenvalue weighted by Gasteiger charge is 2.51. The molecule has 8 heterocycles.